The molecular weight excluding hydrogens is 292 g/mol. The lowest BCUT2D eigenvalue weighted by atomic mass is 9.95. The first-order valence-corrected chi connectivity index (χ1v) is 7.72. The molecule has 0 saturated carbocycles. The average molecular weight is 311 g/mol. The quantitative estimate of drug-likeness (QED) is 0.867. The number of hydrogen-bond acceptors (Lipinski definition) is 5. The van der Waals surface area contributed by atoms with Gasteiger partial charge >= 0.3 is 0 Å². The highest BCUT2D eigenvalue weighted by Crippen LogP contribution is 2.26. The normalized spacial score (nSPS) is 11.7. The molecule has 0 unspecified atom stereocenters. The second kappa shape index (κ2) is 5.66. The van der Waals surface area contributed by atoms with Gasteiger partial charge in [0.15, 0.2) is 0 Å². The van der Waals surface area contributed by atoms with E-state index in [1.165, 1.54) is 0 Å². The lowest BCUT2D eigenvalue weighted by Gasteiger charge is -2.19. The van der Waals surface area contributed by atoms with E-state index in [1.807, 2.05) is 19.2 Å². The number of aromatic nitrogens is 3. The molecule has 0 aliphatic heterocycles. The van der Waals surface area contributed by atoms with E-state index in [1.54, 1.807) is 11.3 Å². The van der Waals surface area contributed by atoms with Crippen molar-refractivity contribution in [3.05, 3.63) is 32.6 Å². The molecule has 0 fully saturated rings. The topological polar surface area (TPSA) is 50.7 Å². The molecule has 20 heavy (non-hydrogen) atoms. The van der Waals surface area contributed by atoms with Crippen molar-refractivity contribution in [1.82, 2.24) is 15.0 Å². The number of hydrogen-bond donors (Lipinski definition) is 1. The summed E-state index contributed by atoms with van der Waals surface area (Å²) in [5.41, 5.74) is 1.75. The Labute approximate surface area is 128 Å². The summed E-state index contributed by atoms with van der Waals surface area (Å²) in [7, 11) is 0. The van der Waals surface area contributed by atoms with E-state index in [9.17, 15) is 0 Å². The Morgan fingerprint density at radius 3 is 2.45 bits per heavy atom. The fourth-order valence-corrected chi connectivity index (χ4v) is 2.44. The Morgan fingerprint density at radius 2 is 1.90 bits per heavy atom. The van der Waals surface area contributed by atoms with Gasteiger partial charge in [-0.15, -0.1) is 11.3 Å². The first kappa shape index (κ1) is 15.2. The zero-order valence-corrected chi connectivity index (χ0v) is 14.0. The molecule has 2 aromatic heterocycles. The predicted molar refractivity (Wildman–Crippen MR) is 84.7 cm³/mol. The fraction of sp³-hybridized carbons (Fsp3) is 0.500. The smallest absolute Gasteiger partial charge is 0.137 e. The van der Waals surface area contributed by atoms with Gasteiger partial charge in [0, 0.05) is 16.4 Å². The van der Waals surface area contributed by atoms with Crippen molar-refractivity contribution in [3.63, 3.8) is 0 Å². The first-order valence-electron chi connectivity index (χ1n) is 6.47. The summed E-state index contributed by atoms with van der Waals surface area (Å²) in [6, 6.07) is 0. The molecule has 2 aromatic rings. The molecule has 4 nitrogen and oxygen atoms in total. The molecule has 0 bridgehead atoms. The Bertz CT molecular complexity index is 616. The van der Waals surface area contributed by atoms with Gasteiger partial charge in [0.1, 0.15) is 16.8 Å². The lowest BCUT2D eigenvalue weighted by molar-refractivity contribution is 0.545. The Morgan fingerprint density at radius 1 is 1.20 bits per heavy atom. The van der Waals surface area contributed by atoms with Crippen LogP contribution in [0.1, 0.15) is 42.9 Å². The maximum atomic E-state index is 6.21. The van der Waals surface area contributed by atoms with E-state index in [-0.39, 0.29) is 5.41 Å². The Kier molecular flexibility index (Phi) is 4.30. The van der Waals surface area contributed by atoms with Crippen molar-refractivity contribution >= 4 is 28.8 Å². The summed E-state index contributed by atoms with van der Waals surface area (Å²) in [6.45, 7) is 10.8. The summed E-state index contributed by atoms with van der Waals surface area (Å²) in [5.74, 6) is 1.52. The van der Waals surface area contributed by atoms with Crippen LogP contribution >= 0.6 is 22.9 Å². The van der Waals surface area contributed by atoms with E-state index < -0.39 is 0 Å². The van der Waals surface area contributed by atoms with Crippen LogP contribution < -0.4 is 5.32 Å². The molecule has 0 radical (unpaired) electrons. The minimum atomic E-state index is -0.134. The molecule has 2 heterocycles. The van der Waals surface area contributed by atoms with Gasteiger partial charge in [0.2, 0.25) is 0 Å². The van der Waals surface area contributed by atoms with Crippen LogP contribution in [0.5, 0.6) is 0 Å². The number of nitrogens with zero attached hydrogens (tertiary/aromatic N) is 3. The molecule has 0 spiro atoms. The van der Waals surface area contributed by atoms with Gasteiger partial charge in [0.25, 0.3) is 0 Å². The third kappa shape index (κ3) is 3.46. The second-order valence-corrected chi connectivity index (χ2v) is 7.19. The molecule has 1 N–H and O–H groups in total. The molecule has 2 rings (SSSR count). The van der Waals surface area contributed by atoms with Crippen molar-refractivity contribution in [2.75, 3.05) is 5.32 Å². The zero-order valence-electron chi connectivity index (χ0n) is 12.4. The number of anilines is 1. The number of nitrogens with one attached hydrogen (secondary N) is 1. The van der Waals surface area contributed by atoms with Crippen LogP contribution in [0.2, 0.25) is 5.15 Å². The third-order valence-electron chi connectivity index (χ3n) is 2.86. The van der Waals surface area contributed by atoms with Gasteiger partial charge in [-0.3, -0.25) is 0 Å². The zero-order chi connectivity index (χ0) is 14.9. The second-order valence-electron chi connectivity index (χ2n) is 5.77. The van der Waals surface area contributed by atoms with Crippen LogP contribution in [0.25, 0.3) is 0 Å². The number of thiazole rings is 1. The minimum Gasteiger partial charge on any atom is -0.364 e. The van der Waals surface area contributed by atoms with Crippen molar-refractivity contribution in [2.24, 2.45) is 0 Å². The molecular formula is C14H19ClN4S. The minimum absolute atomic E-state index is 0.134. The highest BCUT2D eigenvalue weighted by atomic mass is 35.5. The van der Waals surface area contributed by atoms with Gasteiger partial charge in [-0.25, -0.2) is 15.0 Å². The molecule has 0 aliphatic rings. The maximum absolute atomic E-state index is 6.21. The van der Waals surface area contributed by atoms with E-state index in [4.69, 9.17) is 11.6 Å². The van der Waals surface area contributed by atoms with Crippen molar-refractivity contribution in [1.29, 1.82) is 0 Å². The van der Waals surface area contributed by atoms with E-state index >= 15 is 0 Å². The highest BCUT2D eigenvalue weighted by Gasteiger charge is 2.20. The van der Waals surface area contributed by atoms with Gasteiger partial charge < -0.3 is 5.32 Å². The van der Waals surface area contributed by atoms with Gasteiger partial charge in [0.05, 0.1) is 17.2 Å². The Hall–Kier alpha value is -1.20. The predicted octanol–water partition coefficient (Wildman–Crippen LogP) is 4.11. The molecule has 6 heteroatoms. The molecule has 0 aromatic carbocycles. The number of rotatable bonds is 3. The molecule has 0 saturated heterocycles. The van der Waals surface area contributed by atoms with Crippen LogP contribution in [-0.2, 0) is 12.0 Å². The standard InChI is InChI=1S/C14H19ClN4S/c1-8-11(15)18-13(14(3,4)5)19-12(8)16-6-10-7-20-9(2)17-10/h7H,6H2,1-5H3,(H,16,18,19). The summed E-state index contributed by atoms with van der Waals surface area (Å²) in [5, 5.41) is 6.92. The van der Waals surface area contributed by atoms with Crippen LogP contribution in [0, 0.1) is 13.8 Å². The van der Waals surface area contributed by atoms with Gasteiger partial charge in [-0.1, -0.05) is 32.4 Å². The summed E-state index contributed by atoms with van der Waals surface area (Å²) < 4.78 is 0. The third-order valence-corrected chi connectivity index (χ3v) is 4.05. The van der Waals surface area contributed by atoms with Crippen molar-refractivity contribution in [2.45, 2.75) is 46.6 Å². The summed E-state index contributed by atoms with van der Waals surface area (Å²) in [4.78, 5) is 13.4. The monoisotopic (exact) mass is 310 g/mol. The van der Waals surface area contributed by atoms with Gasteiger partial charge in [-0.05, 0) is 13.8 Å². The molecule has 0 aliphatic carbocycles. The molecule has 0 amide bonds. The maximum Gasteiger partial charge on any atom is 0.137 e. The highest BCUT2D eigenvalue weighted by molar-refractivity contribution is 7.09. The van der Waals surface area contributed by atoms with Crippen LogP contribution in [0.15, 0.2) is 5.38 Å². The SMILES string of the molecule is Cc1nc(CNc2nc(C(C)(C)C)nc(Cl)c2C)cs1. The number of halogens is 1. The molecule has 0 atom stereocenters. The van der Waals surface area contributed by atoms with Crippen molar-refractivity contribution < 1.29 is 0 Å². The van der Waals surface area contributed by atoms with E-state index in [0.717, 1.165) is 27.9 Å². The fourth-order valence-electron chi connectivity index (χ4n) is 1.66. The summed E-state index contributed by atoms with van der Waals surface area (Å²) >= 11 is 7.85. The average Bonchev–Trinajstić information content (AvgIpc) is 2.75. The van der Waals surface area contributed by atoms with Gasteiger partial charge in [-0.2, -0.15) is 0 Å². The molecule has 108 valence electrons. The summed E-state index contributed by atoms with van der Waals surface area (Å²) in [6.07, 6.45) is 0. The van der Waals surface area contributed by atoms with Crippen LogP contribution in [0.4, 0.5) is 5.82 Å². The van der Waals surface area contributed by atoms with Crippen LogP contribution in [-0.4, -0.2) is 15.0 Å². The number of aryl methyl sites for hydroxylation is 1. The van der Waals surface area contributed by atoms with Crippen molar-refractivity contribution in [3.8, 4) is 0 Å². The largest absolute Gasteiger partial charge is 0.364 e. The van der Waals surface area contributed by atoms with Crippen LogP contribution in [0.3, 0.4) is 0 Å². The first-order chi connectivity index (χ1) is 9.27. The van der Waals surface area contributed by atoms with E-state index in [0.29, 0.717) is 11.7 Å². The lowest BCUT2D eigenvalue weighted by Crippen LogP contribution is -2.18. The Balaban J connectivity index is 2.24. The van der Waals surface area contributed by atoms with E-state index in [2.05, 4.69) is 41.0 Å².